The maximum atomic E-state index is 13.0. The van der Waals surface area contributed by atoms with E-state index in [0.29, 0.717) is 27.3 Å². The maximum Gasteiger partial charge on any atom is 0.339 e. The van der Waals surface area contributed by atoms with Crippen LogP contribution in [-0.4, -0.2) is 27.6 Å². The topological polar surface area (TPSA) is 74.1 Å². The summed E-state index contributed by atoms with van der Waals surface area (Å²) in [6.45, 7) is 0.255. The molecule has 6 nitrogen and oxygen atoms in total. The highest BCUT2D eigenvalue weighted by Gasteiger charge is 2.15. The number of pyridine rings is 1. The Bertz CT molecular complexity index is 1160. The van der Waals surface area contributed by atoms with Crippen molar-refractivity contribution in [1.29, 1.82) is 0 Å². The van der Waals surface area contributed by atoms with Gasteiger partial charge in [0.05, 0.1) is 30.4 Å². The Morgan fingerprint density at radius 2 is 1.96 bits per heavy atom. The average molecular weight is 377 g/mol. The van der Waals surface area contributed by atoms with Gasteiger partial charge in [-0.25, -0.2) is 9.78 Å². The molecule has 0 spiro atoms. The van der Waals surface area contributed by atoms with Crippen molar-refractivity contribution in [2.45, 2.75) is 6.54 Å². The minimum absolute atomic E-state index is 0.104. The molecule has 0 bridgehead atoms. The molecule has 0 radical (unpaired) electrons. The third-order valence-electron chi connectivity index (χ3n) is 4.16. The zero-order valence-corrected chi connectivity index (χ0v) is 15.3. The van der Waals surface area contributed by atoms with E-state index in [9.17, 15) is 9.59 Å². The van der Waals surface area contributed by atoms with E-state index in [0.717, 1.165) is 5.56 Å². The van der Waals surface area contributed by atoms with Crippen LogP contribution in [-0.2, 0) is 11.3 Å². The highest BCUT2D eigenvalue weighted by molar-refractivity contribution is 7.17. The monoisotopic (exact) mass is 377 g/mol. The number of ether oxygens (including phenoxy) is 1. The second-order valence-corrected chi connectivity index (χ2v) is 6.77. The molecule has 3 heterocycles. The first kappa shape index (κ1) is 17.1. The fraction of sp³-hybridized carbons (Fsp3) is 0.100. The minimum Gasteiger partial charge on any atom is -0.465 e. The number of methoxy groups -OCH3 is 1. The Balaban J connectivity index is 1.81. The number of hydrogen-bond donors (Lipinski definition) is 0. The third-order valence-corrected chi connectivity index (χ3v) is 5.06. The lowest BCUT2D eigenvalue weighted by molar-refractivity contribution is 0.0600. The van der Waals surface area contributed by atoms with E-state index in [1.54, 1.807) is 16.7 Å². The number of carbonyl (C=O) groups excluding carboxylic acids is 1. The molecule has 0 aliphatic rings. The van der Waals surface area contributed by atoms with Gasteiger partial charge in [0, 0.05) is 11.8 Å². The molecule has 4 rings (SSSR count). The fourth-order valence-electron chi connectivity index (χ4n) is 2.82. The fourth-order valence-corrected chi connectivity index (χ4v) is 3.60. The molecular weight excluding hydrogens is 362 g/mol. The van der Waals surface area contributed by atoms with Crippen molar-refractivity contribution in [2.24, 2.45) is 0 Å². The third kappa shape index (κ3) is 3.24. The molecule has 0 saturated carbocycles. The SMILES string of the molecule is COC(=O)c1ccc(Cn2c(-c3ccccc3)nc3ccsc3c2=O)nc1. The van der Waals surface area contributed by atoms with Crippen LogP contribution >= 0.6 is 11.3 Å². The van der Waals surface area contributed by atoms with E-state index < -0.39 is 5.97 Å². The van der Waals surface area contributed by atoms with Crippen LogP contribution in [0.25, 0.3) is 21.6 Å². The number of carbonyl (C=O) groups is 1. The van der Waals surface area contributed by atoms with Gasteiger partial charge in [0.2, 0.25) is 0 Å². The number of esters is 1. The smallest absolute Gasteiger partial charge is 0.339 e. The molecule has 134 valence electrons. The van der Waals surface area contributed by atoms with Crippen LogP contribution in [0.15, 0.2) is 64.9 Å². The maximum absolute atomic E-state index is 13.0. The summed E-state index contributed by atoms with van der Waals surface area (Å²) in [5.41, 5.74) is 2.46. The van der Waals surface area contributed by atoms with Crippen LogP contribution in [0.1, 0.15) is 16.1 Å². The quantitative estimate of drug-likeness (QED) is 0.510. The lowest BCUT2D eigenvalue weighted by Gasteiger charge is -2.12. The molecule has 0 atom stereocenters. The van der Waals surface area contributed by atoms with E-state index in [1.165, 1.54) is 24.6 Å². The molecule has 7 heteroatoms. The summed E-state index contributed by atoms with van der Waals surface area (Å²) in [4.78, 5) is 33.6. The Kier molecular flexibility index (Phi) is 4.52. The first-order valence-corrected chi connectivity index (χ1v) is 9.12. The number of thiophene rings is 1. The molecule has 3 aromatic heterocycles. The summed E-state index contributed by atoms with van der Waals surface area (Å²) in [6.07, 6.45) is 1.45. The van der Waals surface area contributed by atoms with Crippen molar-refractivity contribution < 1.29 is 9.53 Å². The lowest BCUT2D eigenvalue weighted by atomic mass is 10.2. The standard InChI is InChI=1S/C20H15N3O3S/c1-26-20(25)14-7-8-15(21-11-14)12-23-18(13-5-3-2-4-6-13)22-16-9-10-27-17(16)19(23)24/h2-11H,12H2,1H3. The van der Waals surface area contributed by atoms with Gasteiger partial charge in [0.15, 0.2) is 0 Å². The van der Waals surface area contributed by atoms with E-state index in [2.05, 4.69) is 9.72 Å². The Labute approximate surface area is 158 Å². The van der Waals surface area contributed by atoms with Crippen molar-refractivity contribution in [1.82, 2.24) is 14.5 Å². The molecule has 0 aliphatic heterocycles. The van der Waals surface area contributed by atoms with Crippen LogP contribution in [0.5, 0.6) is 0 Å². The molecule has 0 N–H and O–H groups in total. The van der Waals surface area contributed by atoms with Gasteiger partial charge in [0.1, 0.15) is 10.5 Å². The summed E-state index contributed by atoms with van der Waals surface area (Å²) >= 11 is 1.37. The van der Waals surface area contributed by atoms with Crippen molar-refractivity contribution in [2.75, 3.05) is 7.11 Å². The molecule has 0 unspecified atom stereocenters. The van der Waals surface area contributed by atoms with Crippen LogP contribution in [0.3, 0.4) is 0 Å². The normalized spacial score (nSPS) is 10.9. The predicted octanol–water partition coefficient (Wildman–Crippen LogP) is 3.35. The number of hydrogen-bond acceptors (Lipinski definition) is 6. The Morgan fingerprint density at radius 3 is 2.67 bits per heavy atom. The highest BCUT2D eigenvalue weighted by Crippen LogP contribution is 2.22. The highest BCUT2D eigenvalue weighted by atomic mass is 32.1. The van der Waals surface area contributed by atoms with Crippen LogP contribution in [0.4, 0.5) is 0 Å². The molecule has 0 aliphatic carbocycles. The summed E-state index contributed by atoms with van der Waals surface area (Å²) in [5.74, 6) is 0.142. The van der Waals surface area contributed by atoms with Crippen molar-refractivity contribution in [3.8, 4) is 11.4 Å². The van der Waals surface area contributed by atoms with Crippen LogP contribution in [0.2, 0.25) is 0 Å². The molecule has 0 amide bonds. The van der Waals surface area contributed by atoms with Crippen molar-refractivity contribution in [3.63, 3.8) is 0 Å². The molecule has 0 saturated heterocycles. The van der Waals surface area contributed by atoms with Gasteiger partial charge < -0.3 is 4.74 Å². The first-order valence-electron chi connectivity index (χ1n) is 8.24. The lowest BCUT2D eigenvalue weighted by Crippen LogP contribution is -2.23. The van der Waals surface area contributed by atoms with Gasteiger partial charge in [-0.1, -0.05) is 30.3 Å². The van der Waals surface area contributed by atoms with Crippen LogP contribution in [0, 0.1) is 0 Å². The molecule has 4 aromatic rings. The Hall–Kier alpha value is -3.32. The van der Waals surface area contributed by atoms with E-state index in [-0.39, 0.29) is 12.1 Å². The Morgan fingerprint density at radius 1 is 1.15 bits per heavy atom. The molecule has 1 aromatic carbocycles. The number of fused-ring (bicyclic) bond motifs is 1. The van der Waals surface area contributed by atoms with Gasteiger partial charge in [-0.3, -0.25) is 14.3 Å². The molecular formula is C20H15N3O3S. The predicted molar refractivity (Wildman–Crippen MR) is 104 cm³/mol. The van der Waals surface area contributed by atoms with Gasteiger partial charge in [-0.2, -0.15) is 0 Å². The zero-order chi connectivity index (χ0) is 18.8. The van der Waals surface area contributed by atoms with Crippen molar-refractivity contribution in [3.05, 3.63) is 81.7 Å². The second kappa shape index (κ2) is 7.13. The van der Waals surface area contributed by atoms with Gasteiger partial charge >= 0.3 is 5.97 Å². The van der Waals surface area contributed by atoms with Crippen LogP contribution < -0.4 is 5.56 Å². The zero-order valence-electron chi connectivity index (χ0n) is 14.5. The summed E-state index contributed by atoms with van der Waals surface area (Å²) in [5, 5.41) is 1.86. The van der Waals surface area contributed by atoms with Gasteiger partial charge in [-0.15, -0.1) is 11.3 Å². The average Bonchev–Trinajstić information content (AvgIpc) is 3.19. The van der Waals surface area contributed by atoms with Crippen molar-refractivity contribution >= 4 is 27.5 Å². The molecule has 0 fully saturated rings. The van der Waals surface area contributed by atoms with Gasteiger partial charge in [-0.05, 0) is 23.6 Å². The largest absolute Gasteiger partial charge is 0.465 e. The second-order valence-electron chi connectivity index (χ2n) is 5.86. The summed E-state index contributed by atoms with van der Waals surface area (Å²) < 4.78 is 6.92. The van der Waals surface area contributed by atoms with E-state index >= 15 is 0 Å². The number of nitrogens with zero attached hydrogens (tertiary/aromatic N) is 3. The minimum atomic E-state index is -0.446. The molecule has 27 heavy (non-hydrogen) atoms. The van der Waals surface area contributed by atoms with Gasteiger partial charge in [0.25, 0.3) is 5.56 Å². The number of rotatable bonds is 4. The number of aromatic nitrogens is 3. The number of benzene rings is 1. The summed E-state index contributed by atoms with van der Waals surface area (Å²) in [7, 11) is 1.32. The van der Waals surface area contributed by atoms with E-state index in [1.807, 2.05) is 41.8 Å². The first-order chi connectivity index (χ1) is 13.2. The van der Waals surface area contributed by atoms with E-state index in [4.69, 9.17) is 4.98 Å². The summed E-state index contributed by atoms with van der Waals surface area (Å²) in [6, 6.07) is 14.8.